The molecule has 1 aliphatic heterocycles. The van der Waals surface area contributed by atoms with Crippen molar-refractivity contribution in [1.29, 1.82) is 0 Å². The van der Waals surface area contributed by atoms with Gasteiger partial charge in [0.1, 0.15) is 11.5 Å². The summed E-state index contributed by atoms with van der Waals surface area (Å²) in [7, 11) is 0. The van der Waals surface area contributed by atoms with Crippen LogP contribution in [-0.4, -0.2) is 27.7 Å². The SMILES string of the molecule is Cc1cc(O)c(C(c2cccc(Cl)c2)N2CCC(C)CC2)c(=O)n1Cc1ccco1. The Kier molecular flexibility index (Phi) is 6.02. The molecule has 30 heavy (non-hydrogen) atoms. The van der Waals surface area contributed by atoms with Gasteiger partial charge in [0.2, 0.25) is 0 Å². The maximum absolute atomic E-state index is 13.6. The van der Waals surface area contributed by atoms with E-state index in [9.17, 15) is 9.90 Å². The highest BCUT2D eigenvalue weighted by atomic mass is 35.5. The molecule has 4 rings (SSSR count). The largest absolute Gasteiger partial charge is 0.507 e. The van der Waals surface area contributed by atoms with E-state index in [-0.39, 0.29) is 17.4 Å². The second-order valence-electron chi connectivity index (χ2n) is 8.23. The lowest BCUT2D eigenvalue weighted by Gasteiger charge is -2.37. The molecule has 0 amide bonds. The number of hydrogen-bond donors (Lipinski definition) is 1. The molecule has 1 unspecified atom stereocenters. The van der Waals surface area contributed by atoms with E-state index in [4.69, 9.17) is 16.0 Å². The Labute approximate surface area is 181 Å². The van der Waals surface area contributed by atoms with E-state index in [1.54, 1.807) is 23.0 Å². The van der Waals surface area contributed by atoms with Crippen LogP contribution in [0, 0.1) is 12.8 Å². The molecule has 1 aliphatic rings. The van der Waals surface area contributed by atoms with Crippen molar-refractivity contribution in [2.24, 2.45) is 5.92 Å². The van der Waals surface area contributed by atoms with Gasteiger partial charge in [-0.3, -0.25) is 9.69 Å². The highest BCUT2D eigenvalue weighted by Crippen LogP contribution is 2.36. The van der Waals surface area contributed by atoms with Crippen LogP contribution in [0.3, 0.4) is 0 Å². The summed E-state index contributed by atoms with van der Waals surface area (Å²) in [5.74, 6) is 1.38. The Bertz CT molecular complexity index is 1070. The number of likely N-dealkylation sites (tertiary alicyclic amines) is 1. The fraction of sp³-hybridized carbons (Fsp3) is 0.375. The third-order valence-corrected chi connectivity index (χ3v) is 6.27. The minimum absolute atomic E-state index is 0.0248. The van der Waals surface area contributed by atoms with Crippen LogP contribution in [-0.2, 0) is 6.54 Å². The van der Waals surface area contributed by atoms with Gasteiger partial charge in [-0.25, -0.2) is 0 Å². The zero-order valence-electron chi connectivity index (χ0n) is 17.3. The molecule has 1 aromatic carbocycles. The van der Waals surface area contributed by atoms with Crippen molar-refractivity contribution in [2.45, 2.75) is 39.3 Å². The van der Waals surface area contributed by atoms with Gasteiger partial charge in [0, 0.05) is 10.7 Å². The second-order valence-corrected chi connectivity index (χ2v) is 8.67. The van der Waals surface area contributed by atoms with Gasteiger partial charge in [-0.15, -0.1) is 0 Å². The van der Waals surface area contributed by atoms with Crippen molar-refractivity contribution < 1.29 is 9.52 Å². The summed E-state index contributed by atoms with van der Waals surface area (Å²) in [5, 5.41) is 11.5. The summed E-state index contributed by atoms with van der Waals surface area (Å²) in [4.78, 5) is 15.9. The van der Waals surface area contributed by atoms with Gasteiger partial charge in [-0.2, -0.15) is 0 Å². The number of pyridine rings is 1. The molecule has 1 N–H and O–H groups in total. The number of furan rings is 1. The molecular formula is C24H27ClN2O3. The third kappa shape index (κ3) is 4.18. The summed E-state index contributed by atoms with van der Waals surface area (Å²) in [6.45, 7) is 6.13. The molecule has 5 nitrogen and oxygen atoms in total. The summed E-state index contributed by atoms with van der Waals surface area (Å²) >= 11 is 6.29. The van der Waals surface area contributed by atoms with Gasteiger partial charge < -0.3 is 14.1 Å². The van der Waals surface area contributed by atoms with E-state index in [0.717, 1.165) is 31.5 Å². The minimum Gasteiger partial charge on any atom is -0.507 e. The van der Waals surface area contributed by atoms with Crippen molar-refractivity contribution in [3.05, 3.63) is 86.7 Å². The average molecular weight is 427 g/mol. The average Bonchev–Trinajstić information content (AvgIpc) is 3.22. The molecule has 6 heteroatoms. The van der Waals surface area contributed by atoms with Crippen LogP contribution in [0.15, 0.2) is 57.9 Å². The van der Waals surface area contributed by atoms with Crippen molar-refractivity contribution in [1.82, 2.24) is 9.47 Å². The highest BCUT2D eigenvalue weighted by Gasteiger charge is 2.31. The standard InChI is InChI=1S/C24H27ClN2O3/c1-16-8-10-26(11-9-16)23(18-5-3-6-19(25)14-18)22-21(28)13-17(2)27(24(22)29)15-20-7-4-12-30-20/h3-7,12-14,16,23,28H,8-11,15H2,1-2H3. The van der Waals surface area contributed by atoms with Crippen LogP contribution < -0.4 is 5.56 Å². The van der Waals surface area contributed by atoms with E-state index in [0.29, 0.717) is 34.5 Å². The molecule has 0 radical (unpaired) electrons. The van der Waals surface area contributed by atoms with Gasteiger partial charge in [-0.05, 0) is 74.7 Å². The molecular weight excluding hydrogens is 400 g/mol. The molecule has 3 aromatic rings. The normalized spacial score (nSPS) is 16.6. The number of rotatable bonds is 5. The fourth-order valence-corrected chi connectivity index (χ4v) is 4.50. The molecule has 0 saturated carbocycles. The number of aromatic hydroxyl groups is 1. The second kappa shape index (κ2) is 8.70. The molecule has 0 aliphatic carbocycles. The van der Waals surface area contributed by atoms with Gasteiger partial charge in [0.05, 0.1) is 24.4 Å². The predicted molar refractivity (Wildman–Crippen MR) is 118 cm³/mol. The minimum atomic E-state index is -0.354. The monoisotopic (exact) mass is 426 g/mol. The maximum atomic E-state index is 13.6. The van der Waals surface area contributed by atoms with Crippen molar-refractivity contribution in [3.8, 4) is 5.75 Å². The quantitative estimate of drug-likeness (QED) is 0.625. The lowest BCUT2D eigenvalue weighted by molar-refractivity contribution is 0.154. The molecule has 1 saturated heterocycles. The van der Waals surface area contributed by atoms with Gasteiger partial charge >= 0.3 is 0 Å². The molecule has 1 atom stereocenters. The van der Waals surface area contributed by atoms with E-state index >= 15 is 0 Å². The first kappa shape index (κ1) is 20.8. The Morgan fingerprint density at radius 3 is 2.63 bits per heavy atom. The summed E-state index contributed by atoms with van der Waals surface area (Å²) < 4.78 is 7.12. The maximum Gasteiger partial charge on any atom is 0.260 e. The predicted octanol–water partition coefficient (Wildman–Crippen LogP) is 4.98. The van der Waals surface area contributed by atoms with E-state index in [2.05, 4.69) is 11.8 Å². The number of piperidine rings is 1. The van der Waals surface area contributed by atoms with E-state index < -0.39 is 0 Å². The molecule has 0 bridgehead atoms. The van der Waals surface area contributed by atoms with Gasteiger partial charge in [-0.1, -0.05) is 30.7 Å². The van der Waals surface area contributed by atoms with Crippen LogP contribution in [0.25, 0.3) is 0 Å². The van der Waals surface area contributed by atoms with E-state index in [1.165, 1.54) is 0 Å². The van der Waals surface area contributed by atoms with Gasteiger partial charge in [0.25, 0.3) is 5.56 Å². The zero-order chi connectivity index (χ0) is 21.3. The first-order valence-electron chi connectivity index (χ1n) is 10.4. The fourth-order valence-electron chi connectivity index (χ4n) is 4.30. The summed E-state index contributed by atoms with van der Waals surface area (Å²) in [6.07, 6.45) is 3.72. The van der Waals surface area contributed by atoms with Gasteiger partial charge in [0.15, 0.2) is 0 Å². The van der Waals surface area contributed by atoms with Crippen molar-refractivity contribution in [3.63, 3.8) is 0 Å². The van der Waals surface area contributed by atoms with E-state index in [1.807, 2.05) is 37.3 Å². The molecule has 3 heterocycles. The third-order valence-electron chi connectivity index (χ3n) is 6.04. The number of aromatic nitrogens is 1. The van der Waals surface area contributed by atoms with Crippen molar-refractivity contribution >= 4 is 11.6 Å². The summed E-state index contributed by atoms with van der Waals surface area (Å²) in [5.41, 5.74) is 1.80. The molecule has 2 aromatic heterocycles. The molecule has 1 fully saturated rings. The number of hydrogen-bond acceptors (Lipinski definition) is 4. The Balaban J connectivity index is 1.84. The first-order valence-corrected chi connectivity index (χ1v) is 10.8. The Morgan fingerprint density at radius 2 is 1.97 bits per heavy atom. The Morgan fingerprint density at radius 1 is 1.20 bits per heavy atom. The lowest BCUT2D eigenvalue weighted by Crippen LogP contribution is -2.40. The number of nitrogens with zero attached hydrogens (tertiary/aromatic N) is 2. The van der Waals surface area contributed by atoms with Crippen LogP contribution in [0.2, 0.25) is 5.02 Å². The number of halogens is 1. The molecule has 0 spiro atoms. The van der Waals surface area contributed by atoms with Crippen LogP contribution in [0.1, 0.15) is 48.4 Å². The first-order chi connectivity index (χ1) is 14.4. The number of benzene rings is 1. The highest BCUT2D eigenvalue weighted by molar-refractivity contribution is 6.30. The summed E-state index contributed by atoms with van der Waals surface area (Å²) in [6, 6.07) is 12.6. The van der Waals surface area contributed by atoms with Crippen LogP contribution in [0.4, 0.5) is 0 Å². The molecule has 158 valence electrons. The number of aryl methyl sites for hydroxylation is 1. The van der Waals surface area contributed by atoms with Crippen molar-refractivity contribution in [2.75, 3.05) is 13.1 Å². The topological polar surface area (TPSA) is 58.6 Å². The Hall–Kier alpha value is -2.50. The smallest absolute Gasteiger partial charge is 0.260 e. The lowest BCUT2D eigenvalue weighted by atomic mass is 9.92. The zero-order valence-corrected chi connectivity index (χ0v) is 18.1. The van der Waals surface area contributed by atoms with Crippen LogP contribution >= 0.6 is 11.6 Å². The van der Waals surface area contributed by atoms with Crippen LogP contribution in [0.5, 0.6) is 5.75 Å².